The fourth-order valence-corrected chi connectivity index (χ4v) is 3.76. The zero-order chi connectivity index (χ0) is 22.3. The Kier molecular flexibility index (Phi) is 8.41. The van der Waals surface area contributed by atoms with Crippen molar-refractivity contribution in [3.8, 4) is 0 Å². The van der Waals surface area contributed by atoms with E-state index in [1.165, 1.54) is 6.92 Å². The van der Waals surface area contributed by atoms with Crippen molar-refractivity contribution in [1.82, 2.24) is 10.3 Å². The number of nitrogens with one attached hydrogen (secondary N) is 1. The molecule has 0 aliphatic rings. The summed E-state index contributed by atoms with van der Waals surface area (Å²) in [4.78, 5) is 40.5. The van der Waals surface area contributed by atoms with Crippen molar-refractivity contribution in [2.45, 2.75) is 45.2 Å². The number of nitrogens with zero attached hydrogens (tertiary/aromatic N) is 1. The van der Waals surface area contributed by atoms with Gasteiger partial charge in [0, 0.05) is 12.2 Å². The van der Waals surface area contributed by atoms with Crippen LogP contribution in [0.2, 0.25) is 0 Å². The molecule has 0 aliphatic heterocycles. The molecule has 0 saturated heterocycles. The van der Waals surface area contributed by atoms with E-state index in [2.05, 4.69) is 10.3 Å². The zero-order valence-corrected chi connectivity index (χ0v) is 18.5. The number of aryl methyl sites for hydroxylation is 1. The van der Waals surface area contributed by atoms with E-state index < -0.39 is 18.0 Å². The van der Waals surface area contributed by atoms with Gasteiger partial charge in [-0.1, -0.05) is 42.1 Å². The topological polar surface area (TPSA) is 111 Å². The number of amides is 2. The number of nitrogens with two attached hydrogens (primary N) is 1. The lowest BCUT2D eigenvalue weighted by Gasteiger charge is -2.15. The lowest BCUT2D eigenvalue weighted by molar-refractivity contribution is -0.152. The van der Waals surface area contributed by atoms with Gasteiger partial charge in [-0.3, -0.25) is 14.4 Å². The molecule has 1 atom stereocenters. The molecule has 30 heavy (non-hydrogen) atoms. The molecule has 0 unspecified atom stereocenters. The summed E-state index contributed by atoms with van der Waals surface area (Å²) in [6.07, 6.45) is -0.226. The quantitative estimate of drug-likeness (QED) is 0.468. The highest BCUT2D eigenvalue weighted by molar-refractivity contribution is 8.00. The number of carbonyl (C=O) groups is 3. The van der Waals surface area contributed by atoms with Crippen LogP contribution in [-0.2, 0) is 20.7 Å². The molecule has 160 valence electrons. The maximum Gasteiger partial charge on any atom is 0.317 e. The number of ether oxygens (including phenoxy) is 1. The first-order valence-corrected chi connectivity index (χ1v) is 10.6. The minimum Gasteiger partial charge on any atom is -0.452 e. The van der Waals surface area contributed by atoms with Gasteiger partial charge in [0.25, 0.3) is 11.8 Å². The Morgan fingerprint density at radius 1 is 1.13 bits per heavy atom. The summed E-state index contributed by atoms with van der Waals surface area (Å²) in [5, 5.41) is 3.15. The Morgan fingerprint density at radius 3 is 2.43 bits per heavy atom. The van der Waals surface area contributed by atoms with Gasteiger partial charge in [-0.25, -0.2) is 4.98 Å². The van der Waals surface area contributed by atoms with Crippen LogP contribution in [0.15, 0.2) is 35.4 Å². The van der Waals surface area contributed by atoms with Crippen molar-refractivity contribution in [2.24, 2.45) is 5.73 Å². The van der Waals surface area contributed by atoms with Crippen LogP contribution >= 0.6 is 11.8 Å². The molecule has 1 heterocycles. The van der Waals surface area contributed by atoms with E-state index >= 15 is 0 Å². The molecule has 7 nitrogen and oxygen atoms in total. The summed E-state index contributed by atoms with van der Waals surface area (Å²) in [7, 11) is 0. The van der Waals surface area contributed by atoms with Gasteiger partial charge in [0.1, 0.15) is 5.03 Å². The van der Waals surface area contributed by atoms with Gasteiger partial charge >= 0.3 is 5.97 Å². The van der Waals surface area contributed by atoms with E-state index in [0.717, 1.165) is 34.1 Å². The number of pyridine rings is 1. The molecule has 0 radical (unpaired) electrons. The summed E-state index contributed by atoms with van der Waals surface area (Å²) in [5.41, 5.74) is 9.30. The third-order valence-corrected chi connectivity index (χ3v) is 5.72. The number of rotatable bonds is 9. The minimum atomic E-state index is -0.918. The predicted octanol–water partition coefficient (Wildman–Crippen LogP) is 2.49. The van der Waals surface area contributed by atoms with Gasteiger partial charge in [0.05, 0.1) is 11.3 Å². The Balaban J connectivity index is 1.87. The predicted molar refractivity (Wildman–Crippen MR) is 116 cm³/mol. The van der Waals surface area contributed by atoms with Gasteiger partial charge in [-0.15, -0.1) is 0 Å². The van der Waals surface area contributed by atoms with Crippen LogP contribution in [-0.4, -0.2) is 41.2 Å². The van der Waals surface area contributed by atoms with Crippen molar-refractivity contribution in [1.29, 1.82) is 0 Å². The third-order valence-electron chi connectivity index (χ3n) is 4.77. The molecular formula is C22H27N3O4S. The van der Waals surface area contributed by atoms with Crippen LogP contribution in [0, 0.1) is 20.8 Å². The van der Waals surface area contributed by atoms with Crippen molar-refractivity contribution in [3.63, 3.8) is 0 Å². The summed E-state index contributed by atoms with van der Waals surface area (Å²) in [6.45, 7) is 7.47. The van der Waals surface area contributed by atoms with E-state index in [4.69, 9.17) is 10.5 Å². The first kappa shape index (κ1) is 23.4. The Hall–Kier alpha value is -2.87. The van der Waals surface area contributed by atoms with Crippen molar-refractivity contribution >= 4 is 29.5 Å². The second-order valence-electron chi connectivity index (χ2n) is 6.94. The third kappa shape index (κ3) is 6.32. The maximum absolute atomic E-state index is 12.2. The molecule has 3 N–H and O–H groups in total. The summed E-state index contributed by atoms with van der Waals surface area (Å²) in [6, 6.07) is 9.78. The number of esters is 1. The number of benzene rings is 1. The van der Waals surface area contributed by atoms with Gasteiger partial charge in [-0.05, 0) is 50.8 Å². The summed E-state index contributed by atoms with van der Waals surface area (Å²) >= 11 is 1.07. The van der Waals surface area contributed by atoms with Crippen LogP contribution < -0.4 is 11.1 Å². The smallest absolute Gasteiger partial charge is 0.317 e. The second-order valence-corrected chi connectivity index (χ2v) is 7.90. The van der Waals surface area contributed by atoms with E-state index in [9.17, 15) is 14.4 Å². The van der Waals surface area contributed by atoms with E-state index in [0.29, 0.717) is 23.6 Å². The van der Waals surface area contributed by atoms with Crippen LogP contribution in [0.4, 0.5) is 0 Å². The van der Waals surface area contributed by atoms with Crippen LogP contribution in [0.25, 0.3) is 0 Å². The highest BCUT2D eigenvalue weighted by Crippen LogP contribution is 2.26. The summed E-state index contributed by atoms with van der Waals surface area (Å²) < 4.78 is 5.21. The average Bonchev–Trinajstić information content (AvgIpc) is 2.70. The maximum atomic E-state index is 12.2. The number of hydrogen-bond donors (Lipinski definition) is 2. The van der Waals surface area contributed by atoms with Gasteiger partial charge in [0.15, 0.2) is 6.10 Å². The molecular weight excluding hydrogens is 402 g/mol. The molecule has 0 spiro atoms. The van der Waals surface area contributed by atoms with Crippen molar-refractivity contribution < 1.29 is 19.1 Å². The number of carbonyl (C=O) groups excluding carboxylic acids is 3. The van der Waals surface area contributed by atoms with Crippen LogP contribution in [0.5, 0.6) is 0 Å². The largest absolute Gasteiger partial charge is 0.452 e. The molecule has 8 heteroatoms. The van der Waals surface area contributed by atoms with E-state index in [-0.39, 0.29) is 11.7 Å². The first-order chi connectivity index (χ1) is 14.2. The highest BCUT2D eigenvalue weighted by Gasteiger charge is 2.21. The molecule has 0 fully saturated rings. The first-order valence-electron chi connectivity index (χ1n) is 9.62. The SMILES string of the molecule is Cc1nc(SCC(=O)O[C@@H](C)C(=O)NCCc2ccccc2)c(C(N)=O)c(C)c1C. The van der Waals surface area contributed by atoms with Gasteiger partial charge < -0.3 is 15.8 Å². The lowest BCUT2D eigenvalue weighted by Crippen LogP contribution is -2.37. The Bertz CT molecular complexity index is 932. The lowest BCUT2D eigenvalue weighted by atomic mass is 10.0. The molecule has 2 rings (SSSR count). The van der Waals surface area contributed by atoms with Gasteiger partial charge in [-0.2, -0.15) is 0 Å². The van der Waals surface area contributed by atoms with Crippen molar-refractivity contribution in [2.75, 3.05) is 12.3 Å². The molecule has 2 amide bonds. The Labute approximate surface area is 180 Å². The molecule has 0 aliphatic carbocycles. The molecule has 0 saturated carbocycles. The molecule has 2 aromatic rings. The number of aromatic nitrogens is 1. The fourth-order valence-electron chi connectivity index (χ4n) is 2.84. The zero-order valence-electron chi connectivity index (χ0n) is 17.7. The minimum absolute atomic E-state index is 0.0865. The second kappa shape index (κ2) is 10.8. The molecule has 1 aromatic heterocycles. The molecule has 1 aromatic carbocycles. The van der Waals surface area contributed by atoms with E-state index in [1.807, 2.05) is 44.2 Å². The highest BCUT2D eigenvalue weighted by atomic mass is 32.2. The van der Waals surface area contributed by atoms with Gasteiger partial charge in [0.2, 0.25) is 0 Å². The number of thioether (sulfide) groups is 1. The van der Waals surface area contributed by atoms with E-state index in [1.54, 1.807) is 6.92 Å². The number of primary amides is 1. The molecule has 0 bridgehead atoms. The average molecular weight is 430 g/mol. The summed E-state index contributed by atoms with van der Waals surface area (Å²) in [5.74, 6) is -1.61. The standard InChI is InChI=1S/C22H27N3O4S/c1-13-14(2)19(20(23)27)22(25-15(13)3)30-12-18(26)29-16(4)21(28)24-11-10-17-8-6-5-7-9-17/h5-9,16H,10-12H2,1-4H3,(H2,23,27)(H,24,28)/t16-/m0/s1. The van der Waals surface area contributed by atoms with Crippen LogP contribution in [0.3, 0.4) is 0 Å². The van der Waals surface area contributed by atoms with Crippen molar-refractivity contribution in [3.05, 3.63) is 58.3 Å². The normalized spacial score (nSPS) is 11.6. The number of hydrogen-bond acceptors (Lipinski definition) is 6. The monoisotopic (exact) mass is 429 g/mol. The fraction of sp³-hybridized carbons (Fsp3) is 0.364. The Morgan fingerprint density at radius 2 is 1.80 bits per heavy atom. The van der Waals surface area contributed by atoms with Crippen LogP contribution in [0.1, 0.15) is 39.7 Å².